The van der Waals surface area contributed by atoms with Crippen molar-refractivity contribution in [3.63, 3.8) is 0 Å². The number of phenols is 1. The number of rotatable bonds is 20. The number of aromatic hydroxyl groups is 1. The summed E-state index contributed by atoms with van der Waals surface area (Å²) in [6, 6.07) is 1.08. The molecule has 0 radical (unpaired) electrons. The third-order valence-electron chi connectivity index (χ3n) is 6.12. The number of ether oxygens (including phenoxy) is 1. The second kappa shape index (κ2) is 18.1. The molecule has 12 nitrogen and oxygen atoms in total. The van der Waals surface area contributed by atoms with E-state index < -0.39 is 48.3 Å². The van der Waals surface area contributed by atoms with Gasteiger partial charge in [0.15, 0.2) is 11.5 Å². The number of aryl methyl sites for hydroxylation is 1. The normalized spacial score (nSPS) is 13.9. The van der Waals surface area contributed by atoms with Crippen LogP contribution in [0.5, 0.6) is 11.5 Å². The molecule has 40 heavy (non-hydrogen) atoms. The molecule has 0 bridgehead atoms. The number of aliphatic carboxylic acids is 2. The molecule has 1 aromatic carbocycles. The molecule has 0 saturated carbocycles. The Hall–Kier alpha value is -3.32. The molecular weight excluding hydrogens is 542 g/mol. The van der Waals surface area contributed by atoms with Crippen LogP contribution in [0.3, 0.4) is 0 Å². The predicted molar refractivity (Wildman–Crippen MR) is 150 cm³/mol. The number of Topliss-reactive ketones (excluding diaryl/α,β-unsaturated/α-hetero) is 1. The highest BCUT2D eigenvalue weighted by Crippen LogP contribution is 2.27. The molecule has 0 heterocycles. The smallest absolute Gasteiger partial charge is 0.325 e. The zero-order valence-corrected chi connectivity index (χ0v) is 24.0. The quantitative estimate of drug-likeness (QED) is 0.122. The van der Waals surface area contributed by atoms with Gasteiger partial charge in [0.1, 0.15) is 23.9 Å². The largest absolute Gasteiger partial charge is 0.504 e. The number of amides is 2. The van der Waals surface area contributed by atoms with Gasteiger partial charge < -0.3 is 36.4 Å². The number of ketones is 1. The Kier molecular flexibility index (Phi) is 15.7. The van der Waals surface area contributed by atoms with E-state index in [1.807, 2.05) is 0 Å². The Morgan fingerprint density at radius 3 is 2.35 bits per heavy atom. The van der Waals surface area contributed by atoms with Crippen LogP contribution in [0.25, 0.3) is 0 Å². The standard InChI is InChI=1S/C27H41N3O9S/c1-4-5-6-7-19(13-18(31)10-8-17-9-11-22(32)23(12-17)39-3)40-15-21(25(34)29-16(2)26(35)36)30-24(33)14-20(28)27(37)38/h9,11-12,16,19-21,32H,4-8,10,13-15,28H2,1-3H3,(H,29,34)(H,30,33)(H,35,36)(H,37,38). The maximum Gasteiger partial charge on any atom is 0.325 e. The molecule has 4 atom stereocenters. The number of hydrogen-bond acceptors (Lipinski definition) is 9. The van der Waals surface area contributed by atoms with Gasteiger partial charge in [-0.05, 0) is 37.5 Å². The van der Waals surface area contributed by atoms with Gasteiger partial charge in [-0.1, -0.05) is 32.3 Å². The molecule has 13 heteroatoms. The van der Waals surface area contributed by atoms with Gasteiger partial charge in [0.2, 0.25) is 11.8 Å². The molecule has 0 spiro atoms. The number of benzene rings is 1. The molecule has 4 unspecified atom stereocenters. The molecule has 0 aliphatic rings. The third-order valence-corrected chi connectivity index (χ3v) is 7.52. The number of unbranched alkanes of at least 4 members (excludes halogenated alkanes) is 2. The van der Waals surface area contributed by atoms with Gasteiger partial charge in [-0.25, -0.2) is 0 Å². The minimum atomic E-state index is -1.46. The Bertz CT molecular complexity index is 1020. The predicted octanol–water partition coefficient (Wildman–Crippen LogP) is 1.85. The fraction of sp³-hybridized carbons (Fsp3) is 0.593. The van der Waals surface area contributed by atoms with E-state index in [9.17, 15) is 29.1 Å². The number of carbonyl (C=O) groups excluding carboxylic acids is 3. The highest BCUT2D eigenvalue weighted by atomic mass is 32.2. The first kappa shape index (κ1) is 34.7. The maximum atomic E-state index is 12.9. The highest BCUT2D eigenvalue weighted by molar-refractivity contribution is 8.00. The van der Waals surface area contributed by atoms with Gasteiger partial charge in [-0.3, -0.25) is 24.0 Å². The molecule has 0 aliphatic heterocycles. The van der Waals surface area contributed by atoms with E-state index in [0.717, 1.165) is 24.8 Å². The van der Waals surface area contributed by atoms with Crippen LogP contribution in [-0.4, -0.2) is 81.1 Å². The first-order valence-corrected chi connectivity index (χ1v) is 14.2. The van der Waals surface area contributed by atoms with Crippen LogP contribution >= 0.6 is 11.8 Å². The molecule has 7 N–H and O–H groups in total. The minimum absolute atomic E-state index is 0.0120. The fourth-order valence-electron chi connectivity index (χ4n) is 3.71. The van der Waals surface area contributed by atoms with E-state index in [1.165, 1.54) is 31.9 Å². The molecular formula is C27H41N3O9S. The van der Waals surface area contributed by atoms with E-state index in [2.05, 4.69) is 17.6 Å². The van der Waals surface area contributed by atoms with Crippen molar-refractivity contribution in [2.24, 2.45) is 5.73 Å². The number of nitrogens with one attached hydrogen (secondary N) is 2. The minimum Gasteiger partial charge on any atom is -0.504 e. The summed E-state index contributed by atoms with van der Waals surface area (Å²) < 4.78 is 5.11. The van der Waals surface area contributed by atoms with E-state index in [0.29, 0.717) is 18.6 Å². The summed E-state index contributed by atoms with van der Waals surface area (Å²) in [7, 11) is 1.45. The number of thioether (sulfide) groups is 1. The summed E-state index contributed by atoms with van der Waals surface area (Å²) in [4.78, 5) is 60.2. The summed E-state index contributed by atoms with van der Waals surface area (Å²) in [5.41, 5.74) is 6.27. The molecule has 1 aromatic rings. The summed E-state index contributed by atoms with van der Waals surface area (Å²) >= 11 is 1.32. The number of carboxylic acids is 2. The summed E-state index contributed by atoms with van der Waals surface area (Å²) in [6.07, 6.45) is 3.91. The summed E-state index contributed by atoms with van der Waals surface area (Å²) in [5.74, 6) is -3.73. The van der Waals surface area contributed by atoms with Gasteiger partial charge in [-0.2, -0.15) is 11.8 Å². The van der Waals surface area contributed by atoms with E-state index in [4.69, 9.17) is 20.7 Å². The lowest BCUT2D eigenvalue weighted by molar-refractivity contribution is -0.142. The SMILES string of the molecule is CCCCCC(CC(=O)CCc1ccc(O)c(OC)c1)SCC(NC(=O)CC(N)C(=O)O)C(=O)NC(C)C(=O)O. The first-order valence-electron chi connectivity index (χ1n) is 13.2. The topological polar surface area (TPSA) is 205 Å². The summed E-state index contributed by atoms with van der Waals surface area (Å²) in [5, 5.41) is 32.5. The zero-order chi connectivity index (χ0) is 30.2. The van der Waals surface area contributed by atoms with Crippen LogP contribution in [0.2, 0.25) is 0 Å². The molecule has 0 aromatic heterocycles. The van der Waals surface area contributed by atoms with Crippen LogP contribution in [0.1, 0.15) is 64.4 Å². The van der Waals surface area contributed by atoms with Crippen molar-refractivity contribution in [3.05, 3.63) is 23.8 Å². The molecule has 1 rings (SSSR count). The number of carbonyl (C=O) groups is 5. The number of nitrogens with two attached hydrogens (primary N) is 1. The van der Waals surface area contributed by atoms with Crippen molar-refractivity contribution < 1.29 is 44.0 Å². The van der Waals surface area contributed by atoms with Crippen molar-refractivity contribution in [1.82, 2.24) is 10.6 Å². The van der Waals surface area contributed by atoms with Gasteiger partial charge in [0, 0.05) is 23.8 Å². The van der Waals surface area contributed by atoms with Crippen molar-refractivity contribution in [3.8, 4) is 11.5 Å². The maximum absolute atomic E-state index is 12.9. The molecule has 0 saturated heterocycles. The van der Waals surface area contributed by atoms with E-state index >= 15 is 0 Å². The van der Waals surface area contributed by atoms with E-state index in [1.54, 1.807) is 12.1 Å². The Morgan fingerprint density at radius 2 is 1.75 bits per heavy atom. The van der Waals surface area contributed by atoms with Crippen molar-refractivity contribution in [1.29, 1.82) is 0 Å². The fourth-order valence-corrected chi connectivity index (χ4v) is 5.05. The summed E-state index contributed by atoms with van der Waals surface area (Å²) in [6.45, 7) is 3.34. The van der Waals surface area contributed by atoms with Gasteiger partial charge in [-0.15, -0.1) is 0 Å². The molecule has 0 aliphatic carbocycles. The van der Waals surface area contributed by atoms with Gasteiger partial charge >= 0.3 is 11.9 Å². The lowest BCUT2D eigenvalue weighted by Crippen LogP contribution is -2.53. The first-order chi connectivity index (χ1) is 18.9. The highest BCUT2D eigenvalue weighted by Gasteiger charge is 2.27. The van der Waals surface area contributed by atoms with Crippen LogP contribution in [0.15, 0.2) is 18.2 Å². The lowest BCUT2D eigenvalue weighted by Gasteiger charge is -2.23. The molecule has 224 valence electrons. The average Bonchev–Trinajstić information content (AvgIpc) is 2.89. The van der Waals surface area contributed by atoms with Crippen LogP contribution in [-0.2, 0) is 30.4 Å². The third kappa shape index (κ3) is 13.2. The average molecular weight is 584 g/mol. The van der Waals surface area contributed by atoms with E-state index in [-0.39, 0.29) is 35.4 Å². The number of methoxy groups -OCH3 is 1. The van der Waals surface area contributed by atoms with Crippen LogP contribution < -0.4 is 21.1 Å². The molecule has 2 amide bonds. The monoisotopic (exact) mass is 583 g/mol. The van der Waals surface area contributed by atoms with Crippen LogP contribution in [0.4, 0.5) is 0 Å². The van der Waals surface area contributed by atoms with Crippen molar-refractivity contribution in [2.75, 3.05) is 12.9 Å². The number of hydrogen-bond donors (Lipinski definition) is 6. The van der Waals surface area contributed by atoms with Crippen LogP contribution in [0, 0.1) is 0 Å². The second-order valence-electron chi connectivity index (χ2n) is 9.54. The molecule has 0 fully saturated rings. The Labute approximate surface area is 238 Å². The second-order valence-corrected chi connectivity index (χ2v) is 10.9. The van der Waals surface area contributed by atoms with Gasteiger partial charge in [0.25, 0.3) is 0 Å². The van der Waals surface area contributed by atoms with Crippen molar-refractivity contribution in [2.45, 2.75) is 88.6 Å². The van der Waals surface area contributed by atoms with Gasteiger partial charge in [0.05, 0.1) is 13.5 Å². The lowest BCUT2D eigenvalue weighted by atomic mass is 10.0. The van der Waals surface area contributed by atoms with Crippen molar-refractivity contribution >= 4 is 41.3 Å². The Balaban J connectivity index is 2.90. The zero-order valence-electron chi connectivity index (χ0n) is 23.2. The number of carboxylic acid groups (broad SMARTS) is 2. The Morgan fingerprint density at radius 1 is 1.05 bits per heavy atom. The number of phenolic OH excluding ortho intramolecular Hbond substituents is 1.